The Hall–Kier alpha value is -3.03. The second-order valence-corrected chi connectivity index (χ2v) is 11.7. The molecule has 0 atom stereocenters. The Morgan fingerprint density at radius 1 is 1.03 bits per heavy atom. The van der Waals surface area contributed by atoms with Gasteiger partial charge >= 0.3 is 0 Å². The van der Waals surface area contributed by atoms with Crippen LogP contribution >= 0.6 is 23.1 Å². The molecular weight excluding hydrogens is 518 g/mol. The van der Waals surface area contributed by atoms with Gasteiger partial charge in [0.15, 0.2) is 11.0 Å². The maximum atomic E-state index is 12.9. The van der Waals surface area contributed by atoms with Gasteiger partial charge in [0.1, 0.15) is 0 Å². The summed E-state index contributed by atoms with van der Waals surface area (Å²) in [6, 6.07) is 20.0. The summed E-state index contributed by atoms with van der Waals surface area (Å²) in [5.74, 6) is 0.511. The summed E-state index contributed by atoms with van der Waals surface area (Å²) < 4.78 is 34.5. The molecule has 1 amide bonds. The zero-order valence-electron chi connectivity index (χ0n) is 19.1. The van der Waals surface area contributed by atoms with E-state index in [1.165, 1.54) is 28.2 Å². The van der Waals surface area contributed by atoms with Gasteiger partial charge in [0.2, 0.25) is 15.9 Å². The molecule has 1 aliphatic rings. The molecule has 4 aromatic rings. The van der Waals surface area contributed by atoms with Crippen LogP contribution in [-0.4, -0.2) is 65.5 Å². The fraction of sp³-hybridized carbons (Fsp3) is 0.208. The number of ether oxygens (including phenoxy) is 1. The van der Waals surface area contributed by atoms with Crippen LogP contribution in [0.3, 0.4) is 0 Å². The van der Waals surface area contributed by atoms with Gasteiger partial charge in [-0.15, -0.1) is 21.5 Å². The number of thioether (sulfide) groups is 1. The van der Waals surface area contributed by atoms with E-state index in [-0.39, 0.29) is 16.6 Å². The number of morpholine rings is 1. The van der Waals surface area contributed by atoms with E-state index in [1.807, 2.05) is 52.4 Å². The molecule has 2 aromatic carbocycles. The maximum Gasteiger partial charge on any atom is 0.243 e. The van der Waals surface area contributed by atoms with Crippen molar-refractivity contribution in [2.45, 2.75) is 10.1 Å². The number of para-hydroxylation sites is 1. The summed E-state index contributed by atoms with van der Waals surface area (Å²) in [6.45, 7) is 1.36. The Morgan fingerprint density at radius 3 is 2.58 bits per heavy atom. The standard InChI is InChI=1S/C24H23N5O4S3/c30-22(25-18-6-4-9-20(16-18)36(31,32)28-11-13-33-14-12-28)17-35-24-27-26-23(21-10-5-15-34-21)29(24)19-7-2-1-3-8-19/h1-10,15-16H,11-14,17H2,(H,25,30). The summed E-state index contributed by atoms with van der Waals surface area (Å²) in [4.78, 5) is 13.9. The number of sulfonamides is 1. The summed E-state index contributed by atoms with van der Waals surface area (Å²) in [7, 11) is -3.65. The van der Waals surface area contributed by atoms with Gasteiger partial charge in [-0.2, -0.15) is 4.31 Å². The molecule has 1 aliphatic heterocycles. The number of thiophene rings is 1. The first kappa shape index (κ1) is 24.7. The number of hydrogen-bond donors (Lipinski definition) is 1. The molecular formula is C24H23N5O4S3. The van der Waals surface area contributed by atoms with Crippen molar-refractivity contribution in [2.24, 2.45) is 0 Å². The van der Waals surface area contributed by atoms with E-state index in [0.29, 0.717) is 43.0 Å². The molecule has 1 N–H and O–H groups in total. The second-order valence-electron chi connectivity index (χ2n) is 7.84. The largest absolute Gasteiger partial charge is 0.379 e. The molecule has 1 saturated heterocycles. The first-order valence-electron chi connectivity index (χ1n) is 11.2. The molecule has 3 heterocycles. The van der Waals surface area contributed by atoms with Crippen molar-refractivity contribution in [1.29, 1.82) is 0 Å². The van der Waals surface area contributed by atoms with Gasteiger partial charge in [0.25, 0.3) is 0 Å². The SMILES string of the molecule is O=C(CSc1nnc(-c2cccs2)n1-c1ccccc1)Nc1cccc(S(=O)(=O)N2CCOCC2)c1. The predicted molar refractivity (Wildman–Crippen MR) is 140 cm³/mol. The third kappa shape index (κ3) is 5.37. The average Bonchev–Trinajstić information content (AvgIpc) is 3.59. The Bertz CT molecular complexity index is 1430. The molecule has 1 fully saturated rings. The van der Waals surface area contributed by atoms with E-state index < -0.39 is 10.0 Å². The van der Waals surface area contributed by atoms with Gasteiger partial charge in [-0.05, 0) is 41.8 Å². The zero-order chi connectivity index (χ0) is 25.0. The minimum absolute atomic E-state index is 0.0792. The lowest BCUT2D eigenvalue weighted by Gasteiger charge is -2.26. The van der Waals surface area contributed by atoms with Gasteiger partial charge in [0, 0.05) is 24.5 Å². The lowest BCUT2D eigenvalue weighted by atomic mass is 10.3. The number of aromatic nitrogens is 3. The third-order valence-electron chi connectivity index (χ3n) is 5.45. The fourth-order valence-electron chi connectivity index (χ4n) is 3.74. The van der Waals surface area contributed by atoms with Crippen molar-refractivity contribution in [3.8, 4) is 16.4 Å². The molecule has 186 valence electrons. The molecule has 0 aliphatic carbocycles. The molecule has 0 bridgehead atoms. The van der Waals surface area contributed by atoms with Crippen LogP contribution in [0.25, 0.3) is 16.4 Å². The molecule has 0 saturated carbocycles. The van der Waals surface area contributed by atoms with Gasteiger partial charge in [-0.25, -0.2) is 8.42 Å². The van der Waals surface area contributed by atoms with Crippen LogP contribution in [0.5, 0.6) is 0 Å². The number of carbonyl (C=O) groups excluding carboxylic acids is 1. The topological polar surface area (TPSA) is 106 Å². The van der Waals surface area contributed by atoms with Crippen molar-refractivity contribution in [3.05, 3.63) is 72.1 Å². The molecule has 5 rings (SSSR count). The van der Waals surface area contributed by atoms with E-state index in [0.717, 1.165) is 10.6 Å². The number of anilines is 1. The Kier molecular flexibility index (Phi) is 7.48. The normalized spacial score (nSPS) is 14.6. The fourth-order valence-corrected chi connectivity index (χ4v) is 6.64. The summed E-state index contributed by atoms with van der Waals surface area (Å²) >= 11 is 2.83. The number of amides is 1. The average molecular weight is 542 g/mol. The summed E-state index contributed by atoms with van der Waals surface area (Å²) in [5, 5.41) is 14.1. The van der Waals surface area contributed by atoms with Crippen molar-refractivity contribution >= 4 is 44.7 Å². The number of nitrogens with zero attached hydrogens (tertiary/aromatic N) is 4. The predicted octanol–water partition coefficient (Wildman–Crippen LogP) is 3.75. The highest BCUT2D eigenvalue weighted by molar-refractivity contribution is 7.99. The van der Waals surface area contributed by atoms with E-state index in [4.69, 9.17) is 4.74 Å². The smallest absolute Gasteiger partial charge is 0.243 e. The first-order valence-corrected chi connectivity index (χ1v) is 14.5. The molecule has 0 spiro atoms. The molecule has 0 unspecified atom stereocenters. The van der Waals surface area contributed by atoms with Crippen molar-refractivity contribution < 1.29 is 17.9 Å². The van der Waals surface area contributed by atoms with Gasteiger partial charge in [-0.3, -0.25) is 9.36 Å². The Morgan fingerprint density at radius 2 is 1.83 bits per heavy atom. The van der Waals surface area contributed by atoms with Crippen LogP contribution in [0.15, 0.2) is 82.2 Å². The van der Waals surface area contributed by atoms with Crippen LogP contribution in [0, 0.1) is 0 Å². The molecule has 9 nitrogen and oxygen atoms in total. The molecule has 12 heteroatoms. The number of nitrogens with one attached hydrogen (secondary N) is 1. The van der Waals surface area contributed by atoms with E-state index in [2.05, 4.69) is 15.5 Å². The highest BCUT2D eigenvalue weighted by atomic mass is 32.2. The van der Waals surface area contributed by atoms with Gasteiger partial charge in [-0.1, -0.05) is 42.1 Å². The minimum atomic E-state index is -3.65. The van der Waals surface area contributed by atoms with Crippen LogP contribution in [0.4, 0.5) is 5.69 Å². The maximum absolute atomic E-state index is 12.9. The number of carbonyl (C=O) groups is 1. The third-order valence-corrected chi connectivity index (χ3v) is 9.14. The number of rotatable bonds is 8. The second kappa shape index (κ2) is 10.9. The first-order chi connectivity index (χ1) is 17.5. The highest BCUT2D eigenvalue weighted by Crippen LogP contribution is 2.30. The van der Waals surface area contributed by atoms with Gasteiger partial charge < -0.3 is 10.1 Å². The lowest BCUT2D eigenvalue weighted by Crippen LogP contribution is -2.40. The monoisotopic (exact) mass is 541 g/mol. The Labute approximate surface area is 217 Å². The summed E-state index contributed by atoms with van der Waals surface area (Å²) in [5.41, 5.74) is 1.31. The summed E-state index contributed by atoms with van der Waals surface area (Å²) in [6.07, 6.45) is 0. The van der Waals surface area contributed by atoms with Crippen molar-refractivity contribution in [1.82, 2.24) is 19.1 Å². The highest BCUT2D eigenvalue weighted by Gasteiger charge is 2.26. The Balaban J connectivity index is 1.30. The zero-order valence-corrected chi connectivity index (χ0v) is 21.6. The number of benzene rings is 2. The minimum Gasteiger partial charge on any atom is -0.379 e. The van der Waals surface area contributed by atoms with Crippen molar-refractivity contribution in [2.75, 3.05) is 37.4 Å². The quantitative estimate of drug-likeness (QED) is 0.339. The van der Waals surface area contributed by atoms with Crippen molar-refractivity contribution in [3.63, 3.8) is 0 Å². The number of hydrogen-bond acceptors (Lipinski definition) is 8. The van der Waals surface area contributed by atoms with E-state index in [1.54, 1.807) is 23.5 Å². The van der Waals surface area contributed by atoms with Crippen LogP contribution in [0.2, 0.25) is 0 Å². The van der Waals surface area contributed by atoms with E-state index >= 15 is 0 Å². The van der Waals surface area contributed by atoms with Crippen LogP contribution < -0.4 is 5.32 Å². The van der Waals surface area contributed by atoms with Crippen LogP contribution in [0.1, 0.15) is 0 Å². The van der Waals surface area contributed by atoms with Crippen LogP contribution in [-0.2, 0) is 19.6 Å². The molecule has 36 heavy (non-hydrogen) atoms. The van der Waals surface area contributed by atoms with E-state index in [9.17, 15) is 13.2 Å². The lowest BCUT2D eigenvalue weighted by molar-refractivity contribution is -0.113. The van der Waals surface area contributed by atoms with Gasteiger partial charge in [0.05, 0.1) is 28.7 Å². The molecule has 0 radical (unpaired) electrons. The molecule has 2 aromatic heterocycles.